The standard InChI is InChI=1S/C46H33N/c1-45(2)37-18-8-3-16-32(37)35-26-36-34-17-7-12-22-43(34)47(44(36)27-41(35)45)28-23-24-33-31-15-6-11-21-40(31)46(42(33)25-28)38-19-9-4-13-29(38)30-14-5-10-20-39(30)46/h3-4,6-13,15-27H,5,14H2,1-2H3. The van der Waals surface area contributed by atoms with E-state index in [0.29, 0.717) is 0 Å². The summed E-state index contributed by atoms with van der Waals surface area (Å²) in [6.45, 7) is 4.76. The van der Waals surface area contributed by atoms with Gasteiger partial charge in [0.2, 0.25) is 0 Å². The van der Waals surface area contributed by atoms with Gasteiger partial charge < -0.3 is 4.57 Å². The molecule has 6 aromatic carbocycles. The van der Waals surface area contributed by atoms with E-state index in [4.69, 9.17) is 0 Å². The molecule has 222 valence electrons. The summed E-state index contributed by atoms with van der Waals surface area (Å²) in [5, 5.41) is 2.62. The minimum atomic E-state index is -0.311. The maximum Gasteiger partial charge on any atom is 0.0722 e. The highest BCUT2D eigenvalue weighted by atomic mass is 15.0. The topological polar surface area (TPSA) is 4.93 Å². The van der Waals surface area contributed by atoms with Gasteiger partial charge in [0, 0.05) is 21.9 Å². The normalized spacial score (nSPS) is 19.2. The molecule has 1 heterocycles. The average molecular weight is 600 g/mol. The summed E-state index contributed by atoms with van der Waals surface area (Å²) in [5.41, 5.74) is 20.3. The van der Waals surface area contributed by atoms with Gasteiger partial charge in [0.25, 0.3) is 0 Å². The Hall–Kier alpha value is -5.40. The van der Waals surface area contributed by atoms with E-state index in [2.05, 4.69) is 158 Å². The van der Waals surface area contributed by atoms with Crippen LogP contribution in [0.25, 0.3) is 55.3 Å². The Morgan fingerprint density at radius 2 is 1.17 bits per heavy atom. The van der Waals surface area contributed by atoms with Gasteiger partial charge in [0.05, 0.1) is 16.4 Å². The molecule has 0 fully saturated rings. The van der Waals surface area contributed by atoms with Crippen LogP contribution < -0.4 is 0 Å². The summed E-state index contributed by atoms with van der Waals surface area (Å²) in [6.07, 6.45) is 7.03. The third-order valence-electron chi connectivity index (χ3n) is 11.9. The maximum atomic E-state index is 2.54. The van der Waals surface area contributed by atoms with E-state index >= 15 is 0 Å². The van der Waals surface area contributed by atoms with Crippen molar-refractivity contribution in [3.63, 3.8) is 0 Å². The van der Waals surface area contributed by atoms with Gasteiger partial charge in [-0.1, -0.05) is 123 Å². The van der Waals surface area contributed by atoms with Gasteiger partial charge in [-0.05, 0) is 110 Å². The lowest BCUT2D eigenvalue weighted by Crippen LogP contribution is -2.27. The van der Waals surface area contributed by atoms with Crippen molar-refractivity contribution in [1.82, 2.24) is 4.57 Å². The third kappa shape index (κ3) is 2.97. The number of para-hydroxylation sites is 1. The second kappa shape index (κ2) is 8.69. The summed E-state index contributed by atoms with van der Waals surface area (Å²) in [6, 6.07) is 48.6. The highest BCUT2D eigenvalue weighted by Gasteiger charge is 2.52. The van der Waals surface area contributed by atoms with Crippen molar-refractivity contribution in [2.24, 2.45) is 0 Å². The molecule has 1 heteroatoms. The number of aromatic nitrogens is 1. The first kappa shape index (κ1) is 25.8. The second-order valence-corrected chi connectivity index (χ2v) is 14.3. The molecule has 0 radical (unpaired) electrons. The van der Waals surface area contributed by atoms with E-state index in [1.807, 2.05) is 0 Å². The minimum absolute atomic E-state index is 0.0607. The quantitative estimate of drug-likeness (QED) is 0.177. The molecular weight excluding hydrogens is 567 g/mol. The summed E-state index contributed by atoms with van der Waals surface area (Å²) in [5.74, 6) is 0. The first-order valence-corrected chi connectivity index (χ1v) is 17.0. The van der Waals surface area contributed by atoms with E-state index in [9.17, 15) is 0 Å². The molecule has 4 aliphatic rings. The highest BCUT2D eigenvalue weighted by molar-refractivity contribution is 6.12. The Morgan fingerprint density at radius 3 is 2.00 bits per heavy atom. The van der Waals surface area contributed by atoms with Crippen molar-refractivity contribution in [2.75, 3.05) is 0 Å². The van der Waals surface area contributed by atoms with E-state index in [-0.39, 0.29) is 10.8 Å². The number of benzene rings is 6. The van der Waals surface area contributed by atoms with Gasteiger partial charge in [0.1, 0.15) is 0 Å². The van der Waals surface area contributed by atoms with Crippen molar-refractivity contribution < 1.29 is 0 Å². The van der Waals surface area contributed by atoms with Crippen molar-refractivity contribution in [1.29, 1.82) is 0 Å². The van der Waals surface area contributed by atoms with Gasteiger partial charge in [-0.3, -0.25) is 0 Å². The van der Waals surface area contributed by atoms with E-state index < -0.39 is 0 Å². The van der Waals surface area contributed by atoms with Crippen LogP contribution in [0.2, 0.25) is 0 Å². The zero-order valence-electron chi connectivity index (χ0n) is 26.6. The molecule has 1 atom stereocenters. The highest BCUT2D eigenvalue weighted by Crippen LogP contribution is 2.63. The molecular formula is C46H33N. The Morgan fingerprint density at radius 1 is 0.511 bits per heavy atom. The van der Waals surface area contributed by atoms with Crippen molar-refractivity contribution in [3.8, 4) is 27.9 Å². The second-order valence-electron chi connectivity index (χ2n) is 14.3. The van der Waals surface area contributed by atoms with Gasteiger partial charge in [-0.25, -0.2) is 0 Å². The number of hydrogen-bond acceptors (Lipinski definition) is 0. The van der Waals surface area contributed by atoms with Gasteiger partial charge in [0.15, 0.2) is 0 Å². The molecule has 1 aromatic heterocycles. The molecule has 0 saturated heterocycles. The number of nitrogens with zero attached hydrogens (tertiary/aromatic N) is 1. The Labute approximate surface area is 275 Å². The number of fused-ring (bicyclic) bond motifs is 15. The SMILES string of the molecule is CC1(C)c2ccccc2-c2cc3c4ccccc4n(-c4ccc5c(c4)C4(C6=C(CCC=C6)c6ccccc64)c4ccccc4-5)c3cc21. The molecule has 11 rings (SSSR count). The fourth-order valence-electron chi connectivity index (χ4n) is 9.94. The molecule has 0 saturated carbocycles. The minimum Gasteiger partial charge on any atom is -0.309 e. The van der Waals surface area contributed by atoms with E-state index in [1.54, 1.807) is 0 Å². The van der Waals surface area contributed by atoms with Crippen LogP contribution in [0.1, 0.15) is 60.1 Å². The first-order chi connectivity index (χ1) is 23.1. The Bertz CT molecular complexity index is 2600. The average Bonchev–Trinajstić information content (AvgIpc) is 3.78. The van der Waals surface area contributed by atoms with Crippen LogP contribution in [0, 0.1) is 0 Å². The summed E-state index contributed by atoms with van der Waals surface area (Å²) in [4.78, 5) is 0. The lowest BCUT2D eigenvalue weighted by atomic mass is 9.69. The molecule has 1 spiro atoms. The van der Waals surface area contributed by atoms with Crippen molar-refractivity contribution in [2.45, 2.75) is 37.5 Å². The van der Waals surface area contributed by atoms with Crippen LogP contribution >= 0.6 is 0 Å². The van der Waals surface area contributed by atoms with Gasteiger partial charge in [-0.15, -0.1) is 0 Å². The van der Waals surface area contributed by atoms with Crippen molar-refractivity contribution >= 4 is 27.4 Å². The molecule has 1 nitrogen and oxygen atoms in total. The maximum absolute atomic E-state index is 2.54. The Balaban J connectivity index is 1.23. The molecule has 1 unspecified atom stereocenters. The summed E-state index contributed by atoms with van der Waals surface area (Å²) < 4.78 is 2.54. The van der Waals surface area contributed by atoms with Crippen LogP contribution in [0.4, 0.5) is 0 Å². The third-order valence-corrected chi connectivity index (χ3v) is 11.9. The largest absolute Gasteiger partial charge is 0.309 e. The van der Waals surface area contributed by atoms with Crippen LogP contribution in [-0.2, 0) is 10.8 Å². The van der Waals surface area contributed by atoms with E-state index in [0.717, 1.165) is 12.8 Å². The molecule has 4 aliphatic carbocycles. The molecule has 7 aromatic rings. The predicted molar refractivity (Wildman–Crippen MR) is 195 cm³/mol. The number of hydrogen-bond donors (Lipinski definition) is 0. The Kier molecular flexibility index (Phi) is 4.76. The first-order valence-electron chi connectivity index (χ1n) is 17.0. The molecule has 0 aliphatic heterocycles. The lowest BCUT2D eigenvalue weighted by Gasteiger charge is -2.32. The number of rotatable bonds is 1. The van der Waals surface area contributed by atoms with Crippen LogP contribution in [-0.4, -0.2) is 4.57 Å². The molecule has 0 bridgehead atoms. The predicted octanol–water partition coefficient (Wildman–Crippen LogP) is 11.5. The van der Waals surface area contributed by atoms with Crippen molar-refractivity contribution in [3.05, 3.63) is 178 Å². The smallest absolute Gasteiger partial charge is 0.0722 e. The number of allylic oxidation sites excluding steroid dienone is 4. The van der Waals surface area contributed by atoms with Crippen LogP contribution in [0.3, 0.4) is 0 Å². The van der Waals surface area contributed by atoms with Gasteiger partial charge >= 0.3 is 0 Å². The fraction of sp³-hybridized carbons (Fsp3) is 0.130. The zero-order valence-corrected chi connectivity index (χ0v) is 26.6. The zero-order chi connectivity index (χ0) is 31.1. The molecule has 47 heavy (non-hydrogen) atoms. The van der Waals surface area contributed by atoms with Crippen LogP contribution in [0.5, 0.6) is 0 Å². The van der Waals surface area contributed by atoms with Gasteiger partial charge in [-0.2, -0.15) is 0 Å². The van der Waals surface area contributed by atoms with E-state index in [1.165, 1.54) is 94.3 Å². The fourth-order valence-corrected chi connectivity index (χ4v) is 9.94. The van der Waals surface area contributed by atoms with Crippen LogP contribution in [0.15, 0.2) is 145 Å². The monoisotopic (exact) mass is 599 g/mol. The summed E-state index contributed by atoms with van der Waals surface area (Å²) in [7, 11) is 0. The summed E-state index contributed by atoms with van der Waals surface area (Å²) >= 11 is 0. The molecule has 0 N–H and O–H groups in total. The lowest BCUT2D eigenvalue weighted by molar-refractivity contribution is 0.661. The molecule has 0 amide bonds.